The summed E-state index contributed by atoms with van der Waals surface area (Å²) in [6, 6.07) is 20.7. The van der Waals surface area contributed by atoms with Crippen molar-refractivity contribution in [3.63, 3.8) is 0 Å². The molecule has 2 aliphatic heterocycles. The first-order chi connectivity index (χ1) is 15.9. The van der Waals surface area contributed by atoms with E-state index in [-0.39, 0.29) is 30.7 Å². The van der Waals surface area contributed by atoms with E-state index >= 15 is 0 Å². The molecule has 33 heavy (non-hydrogen) atoms. The molecule has 4 nitrogen and oxygen atoms in total. The van der Waals surface area contributed by atoms with Gasteiger partial charge in [-0.05, 0) is 35.4 Å². The van der Waals surface area contributed by atoms with E-state index in [1.807, 2.05) is 42.5 Å². The Kier molecular flexibility index (Phi) is 5.78. The van der Waals surface area contributed by atoms with Gasteiger partial charge in [-0.2, -0.15) is 0 Å². The number of benzene rings is 3. The van der Waals surface area contributed by atoms with Crippen molar-refractivity contribution in [2.24, 2.45) is 0 Å². The second kappa shape index (κ2) is 8.74. The normalized spacial score (nSPS) is 17.8. The fourth-order valence-electron chi connectivity index (χ4n) is 3.91. The molecule has 0 atom stereocenters. The zero-order valence-electron chi connectivity index (χ0n) is 17.1. The lowest BCUT2D eigenvalue weighted by Gasteiger charge is -2.18. The number of para-hydroxylation sites is 1. The van der Waals surface area contributed by atoms with E-state index in [1.165, 1.54) is 17.0 Å². The third-order valence-electron chi connectivity index (χ3n) is 5.54. The number of hydrogen-bond acceptors (Lipinski definition) is 4. The molecule has 1 fully saturated rings. The molecular formula is C25H16ClFN2O2S2. The number of carbonyl (C=O) groups excluding carboxylic acids is 2. The number of thiocarbonyl (C=S) groups is 1. The minimum absolute atomic E-state index is 0.209. The molecule has 0 aromatic heterocycles. The molecule has 3 aromatic rings. The Morgan fingerprint density at radius 2 is 1.55 bits per heavy atom. The lowest BCUT2D eigenvalue weighted by Crippen LogP contribution is -2.29. The van der Waals surface area contributed by atoms with Gasteiger partial charge >= 0.3 is 0 Å². The smallest absolute Gasteiger partial charge is 0.267 e. The maximum Gasteiger partial charge on any atom is 0.267 e. The van der Waals surface area contributed by atoms with Crippen LogP contribution in [0.1, 0.15) is 16.7 Å². The number of hydrogen-bond donors (Lipinski definition) is 0. The summed E-state index contributed by atoms with van der Waals surface area (Å²) in [4.78, 5) is 30.3. The third-order valence-corrected chi connectivity index (χ3v) is 7.36. The molecule has 0 saturated carbocycles. The van der Waals surface area contributed by atoms with Gasteiger partial charge in [0.2, 0.25) is 0 Å². The minimum Gasteiger partial charge on any atom is -0.303 e. The highest BCUT2D eigenvalue weighted by Crippen LogP contribution is 2.45. The number of fused-ring (bicyclic) bond motifs is 1. The standard InChI is InChI=1S/C25H16ClFN2O2S2/c26-19-7-3-1-5-16(19)14-28-20-8-4-2-6-18(20)21(23(28)30)22-24(31)29(25(32)33-22)13-15-9-11-17(27)12-10-15/h1-12H,13-14H2. The molecule has 0 unspecified atom stereocenters. The van der Waals surface area contributed by atoms with E-state index in [0.29, 0.717) is 25.4 Å². The largest absolute Gasteiger partial charge is 0.303 e. The lowest BCUT2D eigenvalue weighted by atomic mass is 10.1. The number of nitrogens with zero attached hydrogens (tertiary/aromatic N) is 2. The van der Waals surface area contributed by atoms with Crippen LogP contribution in [0.25, 0.3) is 5.57 Å². The number of rotatable bonds is 4. The van der Waals surface area contributed by atoms with Crippen LogP contribution in [-0.4, -0.2) is 21.0 Å². The highest BCUT2D eigenvalue weighted by atomic mass is 35.5. The maximum absolute atomic E-state index is 13.6. The van der Waals surface area contributed by atoms with Crippen LogP contribution in [0.3, 0.4) is 0 Å². The van der Waals surface area contributed by atoms with Crippen LogP contribution in [-0.2, 0) is 22.7 Å². The van der Waals surface area contributed by atoms with Crippen molar-refractivity contribution in [3.8, 4) is 0 Å². The van der Waals surface area contributed by atoms with Crippen LogP contribution in [0.4, 0.5) is 10.1 Å². The van der Waals surface area contributed by atoms with E-state index in [2.05, 4.69) is 0 Å². The topological polar surface area (TPSA) is 40.6 Å². The third kappa shape index (κ3) is 3.97. The first-order valence-corrected chi connectivity index (χ1v) is 11.7. The highest BCUT2D eigenvalue weighted by Gasteiger charge is 2.42. The molecule has 2 heterocycles. The molecule has 2 aliphatic rings. The van der Waals surface area contributed by atoms with Gasteiger partial charge < -0.3 is 4.90 Å². The van der Waals surface area contributed by atoms with E-state index in [0.717, 1.165) is 28.6 Å². The number of carbonyl (C=O) groups is 2. The lowest BCUT2D eigenvalue weighted by molar-refractivity contribution is -0.122. The van der Waals surface area contributed by atoms with Crippen LogP contribution < -0.4 is 4.90 Å². The number of anilines is 1. The zero-order chi connectivity index (χ0) is 23.1. The molecule has 0 aliphatic carbocycles. The Morgan fingerprint density at radius 1 is 0.848 bits per heavy atom. The van der Waals surface area contributed by atoms with Gasteiger partial charge in [-0.3, -0.25) is 14.5 Å². The maximum atomic E-state index is 13.6. The summed E-state index contributed by atoms with van der Waals surface area (Å²) in [5.74, 6) is -0.941. The van der Waals surface area contributed by atoms with Crippen LogP contribution in [0.2, 0.25) is 5.02 Å². The van der Waals surface area contributed by atoms with Crippen molar-refractivity contribution in [1.29, 1.82) is 0 Å². The molecular weight excluding hydrogens is 479 g/mol. The Bertz CT molecular complexity index is 1340. The van der Waals surface area contributed by atoms with Crippen molar-refractivity contribution in [2.75, 3.05) is 4.90 Å². The van der Waals surface area contributed by atoms with Gasteiger partial charge in [-0.1, -0.05) is 84.1 Å². The average molecular weight is 495 g/mol. The minimum atomic E-state index is -0.349. The van der Waals surface area contributed by atoms with Gasteiger partial charge in [0.25, 0.3) is 11.8 Å². The van der Waals surface area contributed by atoms with E-state index in [9.17, 15) is 14.0 Å². The van der Waals surface area contributed by atoms with Crippen LogP contribution in [0.15, 0.2) is 77.7 Å². The van der Waals surface area contributed by atoms with Gasteiger partial charge in [0.05, 0.1) is 29.3 Å². The fourth-order valence-corrected chi connectivity index (χ4v) is 5.43. The fraction of sp³-hybridized carbons (Fsp3) is 0.0800. The summed E-state index contributed by atoms with van der Waals surface area (Å²) in [7, 11) is 0. The summed E-state index contributed by atoms with van der Waals surface area (Å²) in [6.07, 6.45) is 0. The summed E-state index contributed by atoms with van der Waals surface area (Å²) < 4.78 is 13.6. The Balaban J connectivity index is 1.51. The molecule has 1 saturated heterocycles. The van der Waals surface area contributed by atoms with Gasteiger partial charge in [-0.15, -0.1) is 0 Å². The second-order valence-corrected chi connectivity index (χ2v) is 9.64. The van der Waals surface area contributed by atoms with E-state index in [1.54, 1.807) is 23.1 Å². The molecule has 0 spiro atoms. The van der Waals surface area contributed by atoms with Gasteiger partial charge in [-0.25, -0.2) is 4.39 Å². The van der Waals surface area contributed by atoms with Crippen molar-refractivity contribution in [3.05, 3.63) is 105 Å². The summed E-state index contributed by atoms with van der Waals surface area (Å²) in [6.45, 7) is 0.496. The van der Waals surface area contributed by atoms with Crippen LogP contribution in [0, 0.1) is 5.82 Å². The number of thioether (sulfide) groups is 1. The molecule has 0 radical (unpaired) electrons. The van der Waals surface area contributed by atoms with Crippen LogP contribution in [0.5, 0.6) is 0 Å². The molecule has 3 aromatic carbocycles. The first kappa shape index (κ1) is 21.8. The van der Waals surface area contributed by atoms with E-state index in [4.69, 9.17) is 23.8 Å². The number of halogens is 2. The molecule has 164 valence electrons. The van der Waals surface area contributed by atoms with Gasteiger partial charge in [0, 0.05) is 10.6 Å². The van der Waals surface area contributed by atoms with E-state index < -0.39 is 0 Å². The van der Waals surface area contributed by atoms with Crippen molar-refractivity contribution >= 4 is 63.0 Å². The second-order valence-electron chi connectivity index (χ2n) is 7.59. The summed E-state index contributed by atoms with van der Waals surface area (Å²) in [5.41, 5.74) is 3.32. The molecule has 2 amide bonds. The molecule has 8 heteroatoms. The highest BCUT2D eigenvalue weighted by molar-refractivity contribution is 8.26. The SMILES string of the molecule is O=C1C(=C2C(=O)N(Cc3ccccc3Cl)c3ccccc32)SC(=S)N1Cc1ccc(F)cc1. The summed E-state index contributed by atoms with van der Waals surface area (Å²) in [5, 5.41) is 0.571. The van der Waals surface area contributed by atoms with Crippen molar-refractivity contribution < 1.29 is 14.0 Å². The predicted octanol–water partition coefficient (Wildman–Crippen LogP) is 5.80. The molecule has 5 rings (SSSR count). The number of amides is 2. The van der Waals surface area contributed by atoms with Crippen molar-refractivity contribution in [2.45, 2.75) is 13.1 Å². The molecule has 0 bridgehead atoms. The first-order valence-electron chi connectivity index (χ1n) is 10.1. The molecule has 0 N–H and O–H groups in total. The Labute approximate surface area is 204 Å². The Hall–Kier alpha value is -3.00. The van der Waals surface area contributed by atoms with Gasteiger partial charge in [0.15, 0.2) is 0 Å². The quantitative estimate of drug-likeness (QED) is 0.339. The average Bonchev–Trinajstić information content (AvgIpc) is 3.24. The van der Waals surface area contributed by atoms with Gasteiger partial charge in [0.1, 0.15) is 10.1 Å². The van der Waals surface area contributed by atoms with Crippen molar-refractivity contribution in [1.82, 2.24) is 4.90 Å². The zero-order valence-corrected chi connectivity index (χ0v) is 19.5. The summed E-state index contributed by atoms with van der Waals surface area (Å²) >= 11 is 12.9. The Morgan fingerprint density at radius 3 is 2.30 bits per heavy atom. The predicted molar refractivity (Wildman–Crippen MR) is 133 cm³/mol. The van der Waals surface area contributed by atoms with Crippen LogP contribution >= 0.6 is 35.6 Å². The monoisotopic (exact) mass is 494 g/mol.